The maximum atomic E-state index is 11.6. The first kappa shape index (κ1) is 35.1. The number of nitrogens with two attached hydrogens (primary N) is 1. The Balaban J connectivity index is 1.52. The predicted octanol–water partition coefficient (Wildman–Crippen LogP) is 2.41. The number of carbonyl (C=O) groups excluding carboxylic acids is 2. The van der Waals surface area contributed by atoms with Crippen LogP contribution in [0.15, 0.2) is 52.3 Å². The Bertz CT molecular complexity index is 1420. The van der Waals surface area contributed by atoms with Crippen LogP contribution in [0.4, 0.5) is 4.79 Å². The molecule has 1 fully saturated rings. The summed E-state index contributed by atoms with van der Waals surface area (Å²) in [5.74, 6) is 0.421. The second-order valence-corrected chi connectivity index (χ2v) is 12.1. The van der Waals surface area contributed by atoms with E-state index in [0.29, 0.717) is 92.6 Å². The van der Waals surface area contributed by atoms with Gasteiger partial charge in [-0.15, -0.1) is 0 Å². The topological polar surface area (TPSA) is 170 Å². The first-order valence-corrected chi connectivity index (χ1v) is 15.9. The molecule has 46 heavy (non-hydrogen) atoms. The number of benzene rings is 1. The lowest BCUT2D eigenvalue weighted by Gasteiger charge is -2.38. The van der Waals surface area contributed by atoms with E-state index in [4.69, 9.17) is 38.7 Å². The van der Waals surface area contributed by atoms with Crippen LogP contribution in [0.2, 0.25) is 10.0 Å². The molecule has 0 radical (unpaired) electrons. The van der Waals surface area contributed by atoms with Gasteiger partial charge in [-0.1, -0.05) is 23.2 Å². The third-order valence-electron chi connectivity index (χ3n) is 7.62. The molecule has 3 heterocycles. The van der Waals surface area contributed by atoms with Crippen LogP contribution >= 0.6 is 23.2 Å². The van der Waals surface area contributed by atoms with Crippen molar-refractivity contribution in [2.75, 3.05) is 59.4 Å². The van der Waals surface area contributed by atoms with Gasteiger partial charge in [0.1, 0.15) is 0 Å². The lowest BCUT2D eigenvalue weighted by atomic mass is 9.91. The number of nitrogens with zero attached hydrogens (tertiary/aromatic N) is 5. The highest BCUT2D eigenvalue weighted by Crippen LogP contribution is 2.30. The molecule has 13 nitrogen and oxygen atoms in total. The first-order valence-electron chi connectivity index (χ1n) is 15.1. The van der Waals surface area contributed by atoms with Crippen molar-refractivity contribution in [1.82, 2.24) is 30.7 Å². The van der Waals surface area contributed by atoms with Crippen molar-refractivity contribution in [3.63, 3.8) is 0 Å². The number of hydrogen-bond donors (Lipinski definition) is 5. The van der Waals surface area contributed by atoms with Gasteiger partial charge < -0.3 is 31.5 Å². The fourth-order valence-corrected chi connectivity index (χ4v) is 5.58. The van der Waals surface area contributed by atoms with Crippen molar-refractivity contribution < 1.29 is 19.4 Å². The van der Waals surface area contributed by atoms with Crippen LogP contribution < -0.4 is 26.4 Å². The van der Waals surface area contributed by atoms with Crippen LogP contribution in [-0.4, -0.2) is 109 Å². The number of urea groups is 1. The third-order valence-corrected chi connectivity index (χ3v) is 8.05. The number of ether oxygens (including phenoxy) is 1. The molecule has 15 heteroatoms. The number of nitrogens with one attached hydrogen (secondary N) is 3. The number of carbonyl (C=O) groups is 2. The molecule has 2 aromatic rings. The number of halogens is 2. The Morgan fingerprint density at radius 2 is 1.76 bits per heavy atom. The molecule has 0 aliphatic carbocycles. The molecule has 2 aliphatic heterocycles. The van der Waals surface area contributed by atoms with Crippen molar-refractivity contribution in [2.45, 2.75) is 31.4 Å². The quantitative estimate of drug-likeness (QED) is 0.256. The molecule has 0 bridgehead atoms. The zero-order chi connectivity index (χ0) is 32.9. The normalized spacial score (nSPS) is 17.6. The molecule has 248 valence electrons. The van der Waals surface area contributed by atoms with Gasteiger partial charge in [0.25, 0.3) is 0 Å². The standard InChI is InChI=1S/C31H41Cl2N9O4/c1-35-30(44)39-20-31(45)3-8-42(9-4-31)19-22-12-27(23-14-24(32)16-25(33)15-23)40-29(13-22)46-26-17-36-5-10-41(7-2-28(34)43)11-6-37-21-38-18-26/h12-18,21,45H,2-11,19-20H2,1H3,(H2,34,43)(H,37,38)(H2,35,39,44). The van der Waals surface area contributed by atoms with Crippen LogP contribution in [0.1, 0.15) is 24.8 Å². The summed E-state index contributed by atoms with van der Waals surface area (Å²) >= 11 is 12.7. The summed E-state index contributed by atoms with van der Waals surface area (Å²) in [4.78, 5) is 40.9. The molecule has 2 aliphatic rings. The van der Waals surface area contributed by atoms with Gasteiger partial charge in [0.2, 0.25) is 11.8 Å². The Hall–Kier alpha value is -3.75. The van der Waals surface area contributed by atoms with E-state index in [1.165, 1.54) is 0 Å². The molecule has 3 amide bonds. The summed E-state index contributed by atoms with van der Waals surface area (Å²) in [6, 6.07) is 8.77. The van der Waals surface area contributed by atoms with Crippen LogP contribution in [0.25, 0.3) is 11.3 Å². The van der Waals surface area contributed by atoms with E-state index in [0.717, 1.165) is 11.1 Å². The number of aliphatic hydroxyl groups is 1. The number of likely N-dealkylation sites (tertiary alicyclic amines) is 1. The lowest BCUT2D eigenvalue weighted by molar-refractivity contribution is -0.118. The van der Waals surface area contributed by atoms with Gasteiger partial charge in [-0.05, 0) is 42.7 Å². The average Bonchev–Trinajstić information content (AvgIpc) is 3.01. The minimum Gasteiger partial charge on any atom is -0.436 e. The van der Waals surface area contributed by atoms with Crippen molar-refractivity contribution in [3.8, 4) is 17.1 Å². The molecule has 0 spiro atoms. The third kappa shape index (κ3) is 11.6. The van der Waals surface area contributed by atoms with E-state index in [9.17, 15) is 14.7 Å². The van der Waals surface area contributed by atoms with Crippen molar-refractivity contribution in [3.05, 3.63) is 57.9 Å². The summed E-state index contributed by atoms with van der Waals surface area (Å²) in [5, 5.41) is 20.2. The fraction of sp³-hybridized carbons (Fsp3) is 0.452. The Kier molecular flexibility index (Phi) is 13.2. The molecule has 0 saturated carbocycles. The number of allylic oxidation sites excluding steroid dienone is 1. The van der Waals surface area contributed by atoms with E-state index >= 15 is 0 Å². The number of aliphatic imine (C=N–C) groups is 2. The van der Waals surface area contributed by atoms with Crippen LogP contribution in [0.5, 0.6) is 5.88 Å². The van der Waals surface area contributed by atoms with Gasteiger partial charge in [-0.3, -0.25) is 24.6 Å². The van der Waals surface area contributed by atoms with Crippen LogP contribution in [0.3, 0.4) is 0 Å². The number of aromatic nitrogens is 1. The number of hydrogen-bond acceptors (Lipinski definition) is 10. The predicted molar refractivity (Wildman–Crippen MR) is 180 cm³/mol. The summed E-state index contributed by atoms with van der Waals surface area (Å²) in [7, 11) is 1.54. The molecule has 0 unspecified atom stereocenters. The molecule has 4 rings (SSSR count). The van der Waals surface area contributed by atoms with E-state index < -0.39 is 5.60 Å². The van der Waals surface area contributed by atoms with Gasteiger partial charge in [0.05, 0.1) is 36.9 Å². The van der Waals surface area contributed by atoms with E-state index in [2.05, 4.69) is 35.7 Å². The van der Waals surface area contributed by atoms with Gasteiger partial charge >= 0.3 is 6.03 Å². The highest BCUT2D eigenvalue weighted by atomic mass is 35.5. The molecule has 1 aromatic carbocycles. The minimum absolute atomic E-state index is 0.189. The minimum atomic E-state index is -0.965. The fourth-order valence-electron chi connectivity index (χ4n) is 5.05. The van der Waals surface area contributed by atoms with Gasteiger partial charge in [-0.2, -0.15) is 0 Å². The van der Waals surface area contributed by atoms with Gasteiger partial charge in [0.15, 0.2) is 5.76 Å². The molecule has 6 N–H and O–H groups in total. The van der Waals surface area contributed by atoms with Crippen LogP contribution in [-0.2, 0) is 11.3 Å². The second kappa shape index (κ2) is 17.2. The highest BCUT2D eigenvalue weighted by Gasteiger charge is 2.32. The SMILES string of the molecule is CNC(=O)NCC1(O)CCN(Cc2cc(OC3=CNC=NCCN(CCC(N)=O)CCN=C3)nc(-c3cc(Cl)cc(Cl)c3)c2)CC1. The van der Waals surface area contributed by atoms with Crippen molar-refractivity contribution in [2.24, 2.45) is 15.7 Å². The number of rotatable bonds is 10. The van der Waals surface area contributed by atoms with Crippen molar-refractivity contribution >= 4 is 47.7 Å². The molecule has 1 saturated heterocycles. The zero-order valence-corrected chi connectivity index (χ0v) is 27.4. The van der Waals surface area contributed by atoms with Crippen molar-refractivity contribution in [1.29, 1.82) is 0 Å². The summed E-state index contributed by atoms with van der Waals surface area (Å²) in [6.45, 7) is 4.96. The zero-order valence-electron chi connectivity index (χ0n) is 25.8. The number of amides is 3. The maximum Gasteiger partial charge on any atom is 0.314 e. The summed E-state index contributed by atoms with van der Waals surface area (Å²) in [5.41, 5.74) is 6.67. The monoisotopic (exact) mass is 673 g/mol. The van der Waals surface area contributed by atoms with Gasteiger partial charge in [0, 0.05) is 87.2 Å². The summed E-state index contributed by atoms with van der Waals surface area (Å²) < 4.78 is 6.25. The molecular formula is C31H41Cl2N9O4. The molecule has 0 atom stereocenters. The van der Waals surface area contributed by atoms with Gasteiger partial charge in [-0.25, -0.2) is 9.78 Å². The highest BCUT2D eigenvalue weighted by molar-refractivity contribution is 6.35. The van der Waals surface area contributed by atoms with Crippen LogP contribution in [0, 0.1) is 0 Å². The average molecular weight is 675 g/mol. The lowest BCUT2D eigenvalue weighted by Crippen LogP contribution is -2.51. The molecular weight excluding hydrogens is 633 g/mol. The smallest absolute Gasteiger partial charge is 0.314 e. The van der Waals surface area contributed by atoms with E-state index in [1.54, 1.807) is 44.0 Å². The number of pyridine rings is 1. The van der Waals surface area contributed by atoms with E-state index in [1.807, 2.05) is 12.1 Å². The van der Waals surface area contributed by atoms with E-state index in [-0.39, 0.29) is 24.9 Å². The first-order chi connectivity index (χ1) is 22.1. The number of primary amides is 1. The maximum absolute atomic E-state index is 11.6. The number of piperidine rings is 1. The summed E-state index contributed by atoms with van der Waals surface area (Å²) in [6.07, 6.45) is 6.15. The second-order valence-electron chi connectivity index (χ2n) is 11.2. The Morgan fingerprint density at radius 1 is 1.04 bits per heavy atom. The Morgan fingerprint density at radius 3 is 2.46 bits per heavy atom. The largest absolute Gasteiger partial charge is 0.436 e. The molecule has 1 aromatic heterocycles. The Labute approximate surface area is 278 Å².